The molecule has 1 N–H and O–H groups in total. The first-order valence-corrected chi connectivity index (χ1v) is 5.74. The van der Waals surface area contributed by atoms with Crippen LogP contribution in [0, 0.1) is 5.82 Å². The highest BCUT2D eigenvalue weighted by atomic mass is 19.1. The molecule has 0 aromatic heterocycles. The summed E-state index contributed by atoms with van der Waals surface area (Å²) in [6, 6.07) is 5.80. The highest BCUT2D eigenvalue weighted by molar-refractivity contribution is 5.22. The Bertz CT molecular complexity index is 327. The summed E-state index contributed by atoms with van der Waals surface area (Å²) in [6.45, 7) is 2.61. The van der Waals surface area contributed by atoms with Gasteiger partial charge in [-0.15, -0.1) is 0 Å². The Morgan fingerprint density at radius 1 is 1.29 bits per heavy atom. The zero-order valence-corrected chi connectivity index (χ0v) is 10.6. The van der Waals surface area contributed by atoms with E-state index in [2.05, 4.69) is 0 Å². The summed E-state index contributed by atoms with van der Waals surface area (Å²) in [5, 5.41) is 9.86. The molecule has 96 valence electrons. The van der Waals surface area contributed by atoms with Crippen molar-refractivity contribution in [1.29, 1.82) is 0 Å². The van der Waals surface area contributed by atoms with E-state index in [0.717, 1.165) is 6.54 Å². The lowest BCUT2D eigenvalue weighted by molar-refractivity contribution is 0.0373. The fourth-order valence-corrected chi connectivity index (χ4v) is 1.43. The van der Waals surface area contributed by atoms with Crippen LogP contribution in [0.4, 0.5) is 4.39 Å². The van der Waals surface area contributed by atoms with Crippen LogP contribution in [0.25, 0.3) is 0 Å². The standard InChI is InChI=1S/C13H20FNO2/c1-10(13(16)8-9-15(2)3)17-12-6-4-11(14)5-7-12/h4-7,10,13,16H,8-9H2,1-3H3/t10-,13+/m1/s1. The van der Waals surface area contributed by atoms with Crippen molar-refractivity contribution in [3.8, 4) is 5.75 Å². The molecule has 1 rings (SSSR count). The van der Waals surface area contributed by atoms with Crippen LogP contribution in [0.3, 0.4) is 0 Å². The lowest BCUT2D eigenvalue weighted by Crippen LogP contribution is -2.31. The number of ether oxygens (including phenoxy) is 1. The largest absolute Gasteiger partial charge is 0.488 e. The van der Waals surface area contributed by atoms with Crippen LogP contribution in [-0.4, -0.2) is 42.9 Å². The normalized spacial score (nSPS) is 14.7. The lowest BCUT2D eigenvalue weighted by atomic mass is 10.1. The van der Waals surface area contributed by atoms with Crippen molar-refractivity contribution in [3.63, 3.8) is 0 Å². The third-order valence-electron chi connectivity index (χ3n) is 2.55. The van der Waals surface area contributed by atoms with Gasteiger partial charge in [-0.25, -0.2) is 4.39 Å². The molecule has 0 heterocycles. The van der Waals surface area contributed by atoms with Crippen molar-refractivity contribution < 1.29 is 14.2 Å². The second-order valence-corrected chi connectivity index (χ2v) is 4.44. The van der Waals surface area contributed by atoms with Crippen molar-refractivity contribution in [2.24, 2.45) is 0 Å². The molecule has 4 heteroatoms. The number of halogens is 1. The van der Waals surface area contributed by atoms with Gasteiger partial charge in [0.2, 0.25) is 0 Å². The topological polar surface area (TPSA) is 32.7 Å². The maximum Gasteiger partial charge on any atom is 0.123 e. The van der Waals surface area contributed by atoms with Crippen LogP contribution in [-0.2, 0) is 0 Å². The van der Waals surface area contributed by atoms with Gasteiger partial charge in [-0.05, 0) is 51.7 Å². The van der Waals surface area contributed by atoms with Gasteiger partial charge in [0, 0.05) is 6.54 Å². The van der Waals surface area contributed by atoms with Crippen LogP contribution in [0.1, 0.15) is 13.3 Å². The molecule has 0 aliphatic rings. The maximum absolute atomic E-state index is 12.7. The highest BCUT2D eigenvalue weighted by Gasteiger charge is 2.15. The van der Waals surface area contributed by atoms with Crippen LogP contribution in [0.15, 0.2) is 24.3 Å². The van der Waals surface area contributed by atoms with E-state index in [9.17, 15) is 9.50 Å². The smallest absolute Gasteiger partial charge is 0.123 e. The number of rotatable bonds is 6. The molecule has 0 bridgehead atoms. The third-order valence-corrected chi connectivity index (χ3v) is 2.55. The van der Waals surface area contributed by atoms with E-state index in [-0.39, 0.29) is 11.9 Å². The summed E-state index contributed by atoms with van der Waals surface area (Å²) < 4.78 is 18.2. The molecule has 0 aliphatic heterocycles. The van der Waals surface area contributed by atoms with Crippen molar-refractivity contribution in [2.75, 3.05) is 20.6 Å². The summed E-state index contributed by atoms with van der Waals surface area (Å²) in [6.07, 6.45) is -0.183. The summed E-state index contributed by atoms with van der Waals surface area (Å²) in [5.41, 5.74) is 0. The van der Waals surface area contributed by atoms with Crippen molar-refractivity contribution >= 4 is 0 Å². The number of benzene rings is 1. The predicted octanol–water partition coefficient (Wildman–Crippen LogP) is 1.91. The van der Waals surface area contributed by atoms with Gasteiger partial charge in [-0.2, -0.15) is 0 Å². The van der Waals surface area contributed by atoms with Crippen molar-refractivity contribution in [2.45, 2.75) is 25.6 Å². The molecule has 1 aromatic carbocycles. The molecule has 0 fully saturated rings. The van der Waals surface area contributed by atoms with Gasteiger partial charge in [0.15, 0.2) is 0 Å². The van der Waals surface area contributed by atoms with E-state index >= 15 is 0 Å². The quantitative estimate of drug-likeness (QED) is 0.825. The molecule has 0 unspecified atom stereocenters. The molecule has 3 nitrogen and oxygen atoms in total. The Labute approximate surface area is 102 Å². The summed E-state index contributed by atoms with van der Waals surface area (Å²) in [5.74, 6) is 0.279. The zero-order chi connectivity index (χ0) is 12.8. The van der Waals surface area contributed by atoms with E-state index in [1.165, 1.54) is 12.1 Å². The van der Waals surface area contributed by atoms with E-state index in [4.69, 9.17) is 4.74 Å². The fraction of sp³-hybridized carbons (Fsp3) is 0.538. The minimum absolute atomic E-state index is 0.293. The fourth-order valence-electron chi connectivity index (χ4n) is 1.43. The Balaban J connectivity index is 2.42. The third kappa shape index (κ3) is 5.15. The van der Waals surface area contributed by atoms with E-state index in [1.54, 1.807) is 12.1 Å². The van der Waals surface area contributed by atoms with Gasteiger partial charge in [0.25, 0.3) is 0 Å². The molecule has 17 heavy (non-hydrogen) atoms. The van der Waals surface area contributed by atoms with E-state index in [0.29, 0.717) is 12.2 Å². The Kier molecular flexibility index (Phi) is 5.38. The monoisotopic (exact) mass is 241 g/mol. The number of aliphatic hydroxyl groups excluding tert-OH is 1. The first-order chi connectivity index (χ1) is 7.99. The minimum Gasteiger partial charge on any atom is -0.488 e. The minimum atomic E-state index is -0.526. The van der Waals surface area contributed by atoms with E-state index < -0.39 is 6.10 Å². The van der Waals surface area contributed by atoms with Gasteiger partial charge in [-0.1, -0.05) is 0 Å². The second kappa shape index (κ2) is 6.57. The zero-order valence-electron chi connectivity index (χ0n) is 10.6. The van der Waals surface area contributed by atoms with Gasteiger partial charge < -0.3 is 14.7 Å². The first-order valence-electron chi connectivity index (χ1n) is 5.74. The second-order valence-electron chi connectivity index (χ2n) is 4.44. The van der Waals surface area contributed by atoms with Crippen LogP contribution in [0.2, 0.25) is 0 Å². The highest BCUT2D eigenvalue weighted by Crippen LogP contribution is 2.15. The molecule has 0 spiro atoms. The average Bonchev–Trinajstić information content (AvgIpc) is 2.28. The summed E-state index contributed by atoms with van der Waals surface area (Å²) in [4.78, 5) is 2.01. The van der Waals surface area contributed by atoms with Gasteiger partial charge in [0.05, 0.1) is 6.10 Å². The Hall–Kier alpha value is -1.13. The Morgan fingerprint density at radius 3 is 2.41 bits per heavy atom. The molecular formula is C13H20FNO2. The van der Waals surface area contributed by atoms with Gasteiger partial charge in [-0.3, -0.25) is 0 Å². The van der Waals surface area contributed by atoms with Crippen LogP contribution in [0.5, 0.6) is 5.75 Å². The maximum atomic E-state index is 12.7. The summed E-state index contributed by atoms with van der Waals surface area (Å²) >= 11 is 0. The molecule has 0 saturated carbocycles. The SMILES string of the molecule is C[C@@H](Oc1ccc(F)cc1)[C@@H](O)CCN(C)C. The molecule has 0 amide bonds. The molecular weight excluding hydrogens is 221 g/mol. The van der Waals surface area contributed by atoms with Crippen LogP contribution >= 0.6 is 0 Å². The molecule has 2 atom stereocenters. The van der Waals surface area contributed by atoms with Gasteiger partial charge in [0.1, 0.15) is 17.7 Å². The number of nitrogens with zero attached hydrogens (tertiary/aromatic N) is 1. The number of hydrogen-bond acceptors (Lipinski definition) is 3. The van der Waals surface area contributed by atoms with Crippen molar-refractivity contribution in [3.05, 3.63) is 30.1 Å². The predicted molar refractivity (Wildman–Crippen MR) is 65.7 cm³/mol. The van der Waals surface area contributed by atoms with Crippen molar-refractivity contribution in [1.82, 2.24) is 4.90 Å². The molecule has 0 aliphatic carbocycles. The lowest BCUT2D eigenvalue weighted by Gasteiger charge is -2.21. The average molecular weight is 241 g/mol. The first kappa shape index (κ1) is 13.9. The Morgan fingerprint density at radius 2 is 1.88 bits per heavy atom. The number of hydrogen-bond donors (Lipinski definition) is 1. The van der Waals surface area contributed by atoms with Crippen LogP contribution < -0.4 is 4.74 Å². The molecule has 0 radical (unpaired) electrons. The van der Waals surface area contributed by atoms with E-state index in [1.807, 2.05) is 25.9 Å². The molecule has 1 aromatic rings. The number of aliphatic hydroxyl groups is 1. The summed E-state index contributed by atoms with van der Waals surface area (Å²) in [7, 11) is 3.91. The molecule has 0 saturated heterocycles. The van der Waals surface area contributed by atoms with Gasteiger partial charge >= 0.3 is 0 Å².